The van der Waals surface area contributed by atoms with Crippen LogP contribution in [0.25, 0.3) is 0 Å². The molecule has 2 aliphatic heterocycles. The average Bonchev–Trinajstić information content (AvgIpc) is 2.77. The van der Waals surface area contributed by atoms with Crippen molar-refractivity contribution in [3.05, 3.63) is 24.3 Å². The largest absolute Gasteiger partial charge is 0.311 e. The van der Waals surface area contributed by atoms with Crippen molar-refractivity contribution in [1.29, 1.82) is 0 Å². The zero-order valence-electron chi connectivity index (χ0n) is 11.2. The molecule has 4 heteroatoms. The van der Waals surface area contributed by atoms with E-state index >= 15 is 0 Å². The van der Waals surface area contributed by atoms with E-state index in [9.17, 15) is 0 Å². The second-order valence-electron chi connectivity index (χ2n) is 5.73. The molecule has 0 aliphatic carbocycles. The van der Waals surface area contributed by atoms with Gasteiger partial charge in [0.05, 0.1) is 11.7 Å². The van der Waals surface area contributed by atoms with Crippen molar-refractivity contribution in [2.24, 2.45) is 0 Å². The number of nitrogens with one attached hydrogen (secondary N) is 1. The molecule has 2 fully saturated rings. The maximum Gasteiger partial charge on any atom is 0.0755 e. The van der Waals surface area contributed by atoms with Gasteiger partial charge in [-0.1, -0.05) is 0 Å². The van der Waals surface area contributed by atoms with E-state index in [1.165, 1.54) is 25.7 Å². The lowest BCUT2D eigenvalue weighted by Crippen LogP contribution is -2.47. The smallest absolute Gasteiger partial charge is 0.0755 e. The molecular weight excluding hydrogens is 224 g/mol. The van der Waals surface area contributed by atoms with Crippen LogP contribution in [0.5, 0.6) is 0 Å². The van der Waals surface area contributed by atoms with E-state index in [-0.39, 0.29) is 0 Å². The summed E-state index contributed by atoms with van der Waals surface area (Å²) in [4.78, 5) is 11.1. The minimum absolute atomic E-state index is 0.348. The van der Waals surface area contributed by atoms with Gasteiger partial charge in [0.2, 0.25) is 0 Å². The first-order valence-electron chi connectivity index (χ1n) is 6.98. The third-order valence-electron chi connectivity index (χ3n) is 4.65. The number of aromatic nitrogens is 2. The van der Waals surface area contributed by atoms with E-state index in [1.54, 1.807) is 12.4 Å². The summed E-state index contributed by atoms with van der Waals surface area (Å²) in [5.41, 5.74) is 1.07. The maximum atomic E-state index is 4.43. The Hall–Kier alpha value is -1.00. The Kier molecular flexibility index (Phi) is 3.31. The zero-order chi connectivity index (χ0) is 12.5. The van der Waals surface area contributed by atoms with E-state index in [0.29, 0.717) is 12.1 Å². The Morgan fingerprint density at radius 1 is 1.28 bits per heavy atom. The second kappa shape index (κ2) is 4.94. The number of hydrogen-bond acceptors (Lipinski definition) is 4. The van der Waals surface area contributed by atoms with Gasteiger partial charge in [-0.25, -0.2) is 0 Å². The molecule has 18 heavy (non-hydrogen) atoms. The van der Waals surface area contributed by atoms with Crippen LogP contribution in [0.15, 0.2) is 18.6 Å². The Morgan fingerprint density at radius 3 is 2.61 bits per heavy atom. The molecule has 1 aromatic rings. The van der Waals surface area contributed by atoms with Crippen LogP contribution in [0.4, 0.5) is 0 Å². The summed E-state index contributed by atoms with van der Waals surface area (Å²) in [6, 6.07) is 2.51. The van der Waals surface area contributed by atoms with Gasteiger partial charge in [0, 0.05) is 36.7 Å². The van der Waals surface area contributed by atoms with Gasteiger partial charge in [-0.05, 0) is 39.7 Å². The SMILES string of the molecule is CC(c1cnccn1)N(C)C1CC2CCC(C1)N2. The van der Waals surface area contributed by atoms with E-state index in [1.807, 2.05) is 6.20 Å². The quantitative estimate of drug-likeness (QED) is 0.882. The summed E-state index contributed by atoms with van der Waals surface area (Å²) in [7, 11) is 2.23. The molecule has 3 rings (SSSR count). The fourth-order valence-electron chi connectivity index (χ4n) is 3.41. The van der Waals surface area contributed by atoms with Crippen LogP contribution in [-0.2, 0) is 0 Å². The summed E-state index contributed by atoms with van der Waals surface area (Å²) in [5, 5.41) is 3.70. The fraction of sp³-hybridized carbons (Fsp3) is 0.714. The summed E-state index contributed by atoms with van der Waals surface area (Å²) < 4.78 is 0. The van der Waals surface area contributed by atoms with Gasteiger partial charge in [0.15, 0.2) is 0 Å². The van der Waals surface area contributed by atoms with Crippen molar-refractivity contribution >= 4 is 0 Å². The number of fused-ring (bicyclic) bond motifs is 2. The molecule has 4 nitrogen and oxygen atoms in total. The summed E-state index contributed by atoms with van der Waals surface area (Å²) in [6.45, 7) is 2.23. The van der Waals surface area contributed by atoms with Crippen LogP contribution in [-0.4, -0.2) is 40.0 Å². The van der Waals surface area contributed by atoms with Crippen molar-refractivity contribution in [3.63, 3.8) is 0 Å². The van der Waals surface area contributed by atoms with Crippen LogP contribution < -0.4 is 5.32 Å². The maximum absolute atomic E-state index is 4.43. The third-order valence-corrected chi connectivity index (χ3v) is 4.65. The lowest BCUT2D eigenvalue weighted by molar-refractivity contribution is 0.130. The second-order valence-corrected chi connectivity index (χ2v) is 5.73. The molecular formula is C14H22N4. The van der Waals surface area contributed by atoms with E-state index in [0.717, 1.165) is 17.8 Å². The highest BCUT2D eigenvalue weighted by atomic mass is 15.2. The summed E-state index contributed by atoms with van der Waals surface area (Å²) in [6.07, 6.45) is 10.7. The number of rotatable bonds is 3. The lowest BCUT2D eigenvalue weighted by atomic mass is 9.97. The zero-order valence-corrected chi connectivity index (χ0v) is 11.2. The molecule has 0 amide bonds. The molecule has 1 N–H and O–H groups in total. The summed E-state index contributed by atoms with van der Waals surface area (Å²) in [5.74, 6) is 0. The van der Waals surface area contributed by atoms with Crippen LogP contribution in [0.1, 0.15) is 44.3 Å². The number of nitrogens with zero attached hydrogens (tertiary/aromatic N) is 3. The summed E-state index contributed by atoms with van der Waals surface area (Å²) >= 11 is 0. The van der Waals surface area contributed by atoms with Gasteiger partial charge < -0.3 is 5.32 Å². The highest BCUT2D eigenvalue weighted by Gasteiger charge is 2.36. The monoisotopic (exact) mass is 246 g/mol. The van der Waals surface area contributed by atoms with Gasteiger partial charge in [-0.2, -0.15) is 0 Å². The molecule has 2 aliphatic rings. The average molecular weight is 246 g/mol. The van der Waals surface area contributed by atoms with E-state index in [4.69, 9.17) is 0 Å². The van der Waals surface area contributed by atoms with E-state index in [2.05, 4.69) is 34.2 Å². The fourth-order valence-corrected chi connectivity index (χ4v) is 3.41. The normalized spacial score (nSPS) is 32.7. The molecule has 0 aromatic carbocycles. The Balaban J connectivity index is 1.69. The molecule has 3 atom stereocenters. The van der Waals surface area contributed by atoms with Crippen molar-refractivity contribution in [3.8, 4) is 0 Å². The van der Waals surface area contributed by atoms with Crippen LogP contribution >= 0.6 is 0 Å². The minimum atomic E-state index is 0.348. The first-order chi connectivity index (χ1) is 8.74. The van der Waals surface area contributed by atoms with Crippen molar-refractivity contribution in [2.45, 2.75) is 56.8 Å². The van der Waals surface area contributed by atoms with E-state index < -0.39 is 0 Å². The van der Waals surface area contributed by atoms with Gasteiger partial charge in [0.1, 0.15) is 0 Å². The predicted molar refractivity (Wildman–Crippen MR) is 71.2 cm³/mol. The highest BCUT2D eigenvalue weighted by Crippen LogP contribution is 2.32. The van der Waals surface area contributed by atoms with Gasteiger partial charge >= 0.3 is 0 Å². The van der Waals surface area contributed by atoms with Crippen molar-refractivity contribution in [2.75, 3.05) is 7.05 Å². The Labute approximate surface area is 109 Å². The molecule has 98 valence electrons. The van der Waals surface area contributed by atoms with Gasteiger partial charge in [-0.3, -0.25) is 14.9 Å². The molecule has 1 aromatic heterocycles. The Morgan fingerprint density at radius 2 is 2.00 bits per heavy atom. The number of hydrogen-bond donors (Lipinski definition) is 1. The molecule has 2 bridgehead atoms. The molecule has 3 heterocycles. The lowest BCUT2D eigenvalue weighted by Gasteiger charge is -2.38. The number of piperidine rings is 1. The van der Waals surface area contributed by atoms with Gasteiger partial charge in [0.25, 0.3) is 0 Å². The van der Waals surface area contributed by atoms with Crippen LogP contribution in [0, 0.1) is 0 Å². The standard InChI is InChI=1S/C14H22N4/c1-10(14-9-15-5-6-16-14)18(2)13-7-11-3-4-12(8-13)17-11/h5-6,9-13,17H,3-4,7-8H2,1-2H3. The van der Waals surface area contributed by atoms with Crippen LogP contribution in [0.3, 0.4) is 0 Å². The molecule has 0 saturated carbocycles. The van der Waals surface area contributed by atoms with Crippen molar-refractivity contribution < 1.29 is 0 Å². The molecule has 0 spiro atoms. The Bertz CT molecular complexity index is 382. The first kappa shape index (κ1) is 12.1. The molecule has 2 saturated heterocycles. The van der Waals surface area contributed by atoms with Crippen LogP contribution in [0.2, 0.25) is 0 Å². The first-order valence-corrected chi connectivity index (χ1v) is 6.98. The molecule has 0 radical (unpaired) electrons. The third kappa shape index (κ3) is 2.27. The highest BCUT2D eigenvalue weighted by molar-refractivity contribution is 5.03. The molecule has 3 unspecified atom stereocenters. The minimum Gasteiger partial charge on any atom is -0.311 e. The topological polar surface area (TPSA) is 41.1 Å². The predicted octanol–water partition coefficient (Wildman–Crippen LogP) is 1.75. The van der Waals surface area contributed by atoms with Crippen molar-refractivity contribution in [1.82, 2.24) is 20.2 Å². The van der Waals surface area contributed by atoms with Gasteiger partial charge in [-0.15, -0.1) is 0 Å².